The second-order valence-electron chi connectivity index (χ2n) is 26.2. The first-order chi connectivity index (χ1) is 38.3. The van der Waals surface area contributed by atoms with Crippen molar-refractivity contribution < 1.29 is 33.3 Å². The second kappa shape index (κ2) is 21.2. The molecule has 3 amide bonds. The predicted molar refractivity (Wildman–Crippen MR) is 331 cm³/mol. The Labute approximate surface area is 478 Å². The summed E-state index contributed by atoms with van der Waals surface area (Å²) in [6, 6.07) is 39.8. The van der Waals surface area contributed by atoms with Gasteiger partial charge >= 0.3 is 0 Å². The SMILES string of the molecule is CCCCNC(=O)c1cc(Oc2ccc(C(C)(C)C)cc2)c2c3c(Oc4ccc(C(C)(C)C)cc4)cc4c5c(cc(Oc6ccc(C(C)(C)C)cc6)c(c6c(Oc7ccc(C(C)(C)C)cc7)cc(C)c1c62)c53)C(=O)N(CCCC)C4=O. The summed E-state index contributed by atoms with van der Waals surface area (Å²) in [7, 11) is 0. The zero-order valence-electron chi connectivity index (χ0n) is 50.1. The summed E-state index contributed by atoms with van der Waals surface area (Å²) in [5, 5.41) is 7.96. The third kappa shape index (κ3) is 10.8. The minimum atomic E-state index is -0.414. The number of imide groups is 1. The number of ether oxygens (including phenoxy) is 4. The summed E-state index contributed by atoms with van der Waals surface area (Å²) in [5.74, 6) is 2.72. The molecule has 9 nitrogen and oxygen atoms in total. The molecule has 9 aromatic rings. The molecule has 1 aliphatic rings. The van der Waals surface area contributed by atoms with Crippen molar-refractivity contribution in [2.24, 2.45) is 0 Å². The van der Waals surface area contributed by atoms with Crippen LogP contribution in [0.1, 0.15) is 182 Å². The lowest BCUT2D eigenvalue weighted by atomic mass is 9.81. The van der Waals surface area contributed by atoms with Gasteiger partial charge in [0.25, 0.3) is 17.7 Å². The third-order valence-electron chi connectivity index (χ3n) is 15.9. The van der Waals surface area contributed by atoms with Gasteiger partial charge in [0.1, 0.15) is 46.0 Å². The Balaban J connectivity index is 1.43. The van der Waals surface area contributed by atoms with Gasteiger partial charge in [-0.05, 0) is 147 Å². The molecule has 0 unspecified atom stereocenters. The molecule has 0 saturated heterocycles. The molecule has 0 atom stereocenters. The molecular weight excluding hydrogens is 1000 g/mol. The summed E-state index contributed by atoms with van der Waals surface area (Å²) in [6.45, 7) is 33.0. The van der Waals surface area contributed by atoms with E-state index in [1.54, 1.807) is 12.1 Å². The van der Waals surface area contributed by atoms with Gasteiger partial charge in [-0.15, -0.1) is 0 Å². The van der Waals surface area contributed by atoms with E-state index in [4.69, 9.17) is 18.9 Å². The summed E-state index contributed by atoms with van der Waals surface area (Å²) >= 11 is 0. The average Bonchev–Trinajstić information content (AvgIpc) is 2.67. The van der Waals surface area contributed by atoms with E-state index in [0.29, 0.717) is 119 Å². The highest BCUT2D eigenvalue weighted by Crippen LogP contribution is 2.57. The van der Waals surface area contributed by atoms with Gasteiger partial charge < -0.3 is 24.3 Å². The van der Waals surface area contributed by atoms with Gasteiger partial charge in [0.05, 0.1) is 16.7 Å². The first kappa shape index (κ1) is 56.4. The molecule has 9 aromatic carbocycles. The number of hydrogen-bond donors (Lipinski definition) is 1. The minimum absolute atomic E-state index is 0.108. The molecule has 418 valence electrons. The highest BCUT2D eigenvalue weighted by Gasteiger charge is 2.39. The van der Waals surface area contributed by atoms with E-state index in [-0.39, 0.29) is 34.1 Å². The van der Waals surface area contributed by atoms with Crippen LogP contribution in [0.5, 0.6) is 46.0 Å². The van der Waals surface area contributed by atoms with Crippen molar-refractivity contribution in [1.82, 2.24) is 10.2 Å². The number of nitrogens with one attached hydrogen (secondary N) is 1. The molecule has 0 bridgehead atoms. The lowest BCUT2D eigenvalue weighted by molar-refractivity contribution is 0.0607. The molecule has 9 heteroatoms. The molecule has 10 rings (SSSR count). The monoisotopic (exact) mass is 1080 g/mol. The maximum absolute atomic E-state index is 15.3. The number of unbranched alkanes of at least 4 members (excludes halogenated alkanes) is 2. The van der Waals surface area contributed by atoms with Crippen molar-refractivity contribution in [3.05, 3.63) is 166 Å². The number of benzene rings is 9. The molecule has 1 heterocycles. The maximum atomic E-state index is 15.3. The zero-order chi connectivity index (χ0) is 58.1. The largest absolute Gasteiger partial charge is 0.457 e. The number of fused-ring (bicyclic) bond motifs is 2. The van der Waals surface area contributed by atoms with Gasteiger partial charge in [0.2, 0.25) is 0 Å². The van der Waals surface area contributed by atoms with Crippen LogP contribution in [0.25, 0.3) is 43.1 Å². The molecule has 1 N–H and O–H groups in total. The van der Waals surface area contributed by atoms with Crippen molar-refractivity contribution in [1.29, 1.82) is 0 Å². The number of rotatable bonds is 15. The molecule has 0 spiro atoms. The summed E-state index contributed by atoms with van der Waals surface area (Å²) in [5.41, 5.74) is 5.88. The molecule has 0 aliphatic carbocycles. The molecule has 1 aliphatic heterocycles. The van der Waals surface area contributed by atoms with E-state index in [0.717, 1.165) is 47.1 Å². The predicted octanol–water partition coefficient (Wildman–Crippen LogP) is 19.3. The van der Waals surface area contributed by atoms with Crippen LogP contribution in [0, 0.1) is 6.92 Å². The summed E-state index contributed by atoms with van der Waals surface area (Å²) in [6.07, 6.45) is 3.09. The number of carbonyl (C=O) groups excluding carboxylic acids is 3. The second-order valence-corrected chi connectivity index (χ2v) is 26.2. The topological polar surface area (TPSA) is 103 Å². The quantitative estimate of drug-likeness (QED) is 0.0472. The maximum Gasteiger partial charge on any atom is 0.261 e. The highest BCUT2D eigenvalue weighted by molar-refractivity contribution is 6.43. The Morgan fingerprint density at radius 1 is 0.420 bits per heavy atom. The van der Waals surface area contributed by atoms with Crippen LogP contribution >= 0.6 is 0 Å². The Hall–Kier alpha value is -7.91. The van der Waals surface area contributed by atoms with Gasteiger partial charge in [-0.2, -0.15) is 0 Å². The average molecular weight is 1080 g/mol. The number of aryl methyl sites for hydroxylation is 1. The van der Waals surface area contributed by atoms with E-state index in [2.05, 4.69) is 144 Å². The van der Waals surface area contributed by atoms with Crippen LogP contribution in [0.4, 0.5) is 0 Å². The summed E-state index contributed by atoms with van der Waals surface area (Å²) < 4.78 is 29.0. The van der Waals surface area contributed by atoms with E-state index in [1.807, 2.05) is 74.5 Å². The highest BCUT2D eigenvalue weighted by atomic mass is 16.5. The number of nitrogens with zero attached hydrogens (tertiary/aromatic N) is 1. The van der Waals surface area contributed by atoms with Crippen LogP contribution in [0.2, 0.25) is 0 Å². The Morgan fingerprint density at radius 3 is 1.07 bits per heavy atom. The molecule has 0 radical (unpaired) electrons. The van der Waals surface area contributed by atoms with Crippen molar-refractivity contribution >= 4 is 60.8 Å². The smallest absolute Gasteiger partial charge is 0.261 e. The number of carbonyl (C=O) groups is 3. The number of amides is 3. The first-order valence-corrected chi connectivity index (χ1v) is 28.9. The van der Waals surface area contributed by atoms with Crippen molar-refractivity contribution in [3.63, 3.8) is 0 Å². The van der Waals surface area contributed by atoms with Crippen LogP contribution in [0.3, 0.4) is 0 Å². The van der Waals surface area contributed by atoms with Crippen molar-refractivity contribution in [2.75, 3.05) is 13.1 Å². The first-order valence-electron chi connectivity index (χ1n) is 28.9. The Kier molecular flexibility index (Phi) is 14.8. The minimum Gasteiger partial charge on any atom is -0.457 e. The Bertz CT molecular complexity index is 3750. The van der Waals surface area contributed by atoms with Crippen LogP contribution in [-0.2, 0) is 21.7 Å². The fourth-order valence-corrected chi connectivity index (χ4v) is 11.2. The summed E-state index contributed by atoms with van der Waals surface area (Å²) in [4.78, 5) is 47.1. The van der Waals surface area contributed by atoms with Gasteiger partial charge in [-0.1, -0.05) is 158 Å². The fourth-order valence-electron chi connectivity index (χ4n) is 11.2. The Morgan fingerprint density at radius 2 is 0.741 bits per heavy atom. The van der Waals surface area contributed by atoms with Crippen LogP contribution < -0.4 is 24.3 Å². The van der Waals surface area contributed by atoms with Crippen LogP contribution in [0.15, 0.2) is 121 Å². The molecule has 0 saturated carbocycles. The lowest BCUT2D eigenvalue weighted by Crippen LogP contribution is -2.41. The molecule has 81 heavy (non-hydrogen) atoms. The molecular formula is C72H78N2O7. The van der Waals surface area contributed by atoms with Crippen LogP contribution in [-0.4, -0.2) is 35.7 Å². The zero-order valence-corrected chi connectivity index (χ0v) is 50.1. The van der Waals surface area contributed by atoms with E-state index >= 15 is 14.4 Å². The van der Waals surface area contributed by atoms with Gasteiger partial charge in [0.15, 0.2) is 0 Å². The van der Waals surface area contributed by atoms with E-state index in [1.165, 1.54) is 4.90 Å². The van der Waals surface area contributed by atoms with Crippen molar-refractivity contribution in [2.45, 2.75) is 151 Å². The van der Waals surface area contributed by atoms with Crippen molar-refractivity contribution in [3.8, 4) is 46.0 Å². The lowest BCUT2D eigenvalue weighted by Gasteiger charge is -2.31. The number of hydrogen-bond acceptors (Lipinski definition) is 7. The third-order valence-corrected chi connectivity index (χ3v) is 15.9. The van der Waals surface area contributed by atoms with Gasteiger partial charge in [0, 0.05) is 50.8 Å². The standard InChI is InChI=1S/C72H78N2O7/c1-16-18-36-73-66(75)51-39-55(79-48-30-22-44(23-31-48)70(7,8)9)61-63-57(81-50-34-26-46(27-35-50)72(13,14)15)41-53-59-52(67(76)74(68(53)77)37-19-17-2)40-56(80-49-32-24-45(25-33-49)71(10,11)12)62(65(59)63)60-54(38-42(3)58(51)64(60)61)78-47-28-20-43(21-29-47)69(4,5)6/h20-35,38-41H,16-19,36-37H2,1-15H3,(H,73,75). The van der Waals surface area contributed by atoms with Gasteiger partial charge in [-0.3, -0.25) is 19.3 Å². The van der Waals surface area contributed by atoms with E-state index < -0.39 is 11.8 Å². The normalized spacial score (nSPS) is 13.2. The fraction of sp³-hybridized carbons (Fsp3) is 0.347. The molecule has 0 fully saturated rings. The van der Waals surface area contributed by atoms with Gasteiger partial charge in [-0.25, -0.2) is 0 Å². The molecule has 0 aromatic heterocycles. The van der Waals surface area contributed by atoms with E-state index in [9.17, 15) is 0 Å².